The van der Waals surface area contributed by atoms with Crippen LogP contribution in [0.2, 0.25) is 0 Å². The molecule has 0 bridgehead atoms. The molecule has 0 N–H and O–H groups in total. The minimum absolute atomic E-state index is 0.616. The van der Waals surface area contributed by atoms with Crippen LogP contribution in [0.5, 0.6) is 0 Å². The van der Waals surface area contributed by atoms with Crippen LogP contribution in [-0.4, -0.2) is 15.0 Å². The zero-order valence-electron chi connectivity index (χ0n) is 39.3. The average Bonchev–Trinajstić information content (AvgIpc) is 3.47. The number of nitrogens with zero attached hydrogens (tertiary/aromatic N) is 3. The van der Waals surface area contributed by atoms with Crippen LogP contribution in [0, 0.1) is 0 Å². The highest BCUT2D eigenvalue weighted by Crippen LogP contribution is 2.37. The fourth-order valence-electron chi connectivity index (χ4n) is 10.2. The molecule has 1 heterocycles. The van der Waals surface area contributed by atoms with Crippen molar-refractivity contribution in [1.29, 1.82) is 0 Å². The molecule has 3 heteroatoms. The molecular weight excluding hydrogens is 871 g/mol. The van der Waals surface area contributed by atoms with Crippen molar-refractivity contribution in [1.82, 2.24) is 15.0 Å². The highest BCUT2D eigenvalue weighted by atomic mass is 15.0. The summed E-state index contributed by atoms with van der Waals surface area (Å²) in [6.45, 7) is 0. The van der Waals surface area contributed by atoms with Gasteiger partial charge in [-0.1, -0.05) is 255 Å². The molecule has 0 saturated carbocycles. The van der Waals surface area contributed by atoms with Crippen molar-refractivity contribution in [2.75, 3.05) is 0 Å². The predicted molar refractivity (Wildman–Crippen MR) is 301 cm³/mol. The molecule has 12 aromatic carbocycles. The zero-order chi connectivity index (χ0) is 47.8. The first-order valence-corrected chi connectivity index (χ1v) is 24.5. The third-order valence-corrected chi connectivity index (χ3v) is 14.0. The Kier molecular flexibility index (Phi) is 10.9. The molecule has 0 aliphatic heterocycles. The van der Waals surface area contributed by atoms with E-state index < -0.39 is 0 Å². The maximum absolute atomic E-state index is 5.25. The van der Waals surface area contributed by atoms with Gasteiger partial charge < -0.3 is 0 Å². The van der Waals surface area contributed by atoms with Crippen molar-refractivity contribution >= 4 is 32.3 Å². The Morgan fingerprint density at radius 1 is 0.167 bits per heavy atom. The van der Waals surface area contributed by atoms with Crippen molar-refractivity contribution in [2.45, 2.75) is 0 Å². The van der Waals surface area contributed by atoms with Gasteiger partial charge in [0, 0.05) is 16.7 Å². The van der Waals surface area contributed by atoms with Crippen LogP contribution >= 0.6 is 0 Å². The smallest absolute Gasteiger partial charge is 0.164 e. The maximum Gasteiger partial charge on any atom is 0.164 e. The summed E-state index contributed by atoms with van der Waals surface area (Å²) in [5, 5.41) is 7.18. The van der Waals surface area contributed by atoms with Gasteiger partial charge in [-0.15, -0.1) is 0 Å². The monoisotopic (exact) mass is 915 g/mol. The second kappa shape index (κ2) is 18.4. The van der Waals surface area contributed by atoms with Crippen LogP contribution in [0.3, 0.4) is 0 Å². The first-order valence-electron chi connectivity index (χ1n) is 24.5. The average molecular weight is 916 g/mol. The quantitative estimate of drug-likeness (QED) is 0.145. The molecule has 0 radical (unpaired) electrons. The normalized spacial score (nSPS) is 11.3. The largest absolute Gasteiger partial charge is 0.208 e. The van der Waals surface area contributed by atoms with Gasteiger partial charge in [0.2, 0.25) is 0 Å². The zero-order valence-corrected chi connectivity index (χ0v) is 39.3. The molecule has 13 rings (SSSR count). The fourth-order valence-corrected chi connectivity index (χ4v) is 10.2. The lowest BCUT2D eigenvalue weighted by Crippen LogP contribution is -2.00. The molecule has 0 fully saturated rings. The Bertz CT molecular complexity index is 4110. The van der Waals surface area contributed by atoms with Crippen LogP contribution in [0.15, 0.2) is 273 Å². The molecule has 0 spiro atoms. The number of aromatic nitrogens is 3. The lowest BCUT2D eigenvalue weighted by molar-refractivity contribution is 1.07. The Hall–Kier alpha value is -9.57. The van der Waals surface area contributed by atoms with Gasteiger partial charge in [0.05, 0.1) is 0 Å². The van der Waals surface area contributed by atoms with E-state index in [4.69, 9.17) is 15.0 Å². The van der Waals surface area contributed by atoms with Crippen LogP contribution in [0.1, 0.15) is 0 Å². The molecule has 0 aliphatic carbocycles. The van der Waals surface area contributed by atoms with E-state index in [-0.39, 0.29) is 0 Å². The van der Waals surface area contributed by atoms with E-state index in [1.807, 2.05) is 0 Å². The van der Waals surface area contributed by atoms with E-state index in [1.165, 1.54) is 60.5 Å². The van der Waals surface area contributed by atoms with Gasteiger partial charge >= 0.3 is 0 Å². The summed E-state index contributed by atoms with van der Waals surface area (Å²) < 4.78 is 0. The van der Waals surface area contributed by atoms with Crippen LogP contribution in [0.4, 0.5) is 0 Å². The molecular formula is C69H45N3. The molecule has 0 saturated heterocycles. The summed E-state index contributed by atoms with van der Waals surface area (Å²) >= 11 is 0. The summed E-state index contributed by atoms with van der Waals surface area (Å²) in [6.07, 6.45) is 0. The minimum atomic E-state index is 0.616. The van der Waals surface area contributed by atoms with Crippen molar-refractivity contribution in [3.63, 3.8) is 0 Å². The number of rotatable bonds is 9. The summed E-state index contributed by atoms with van der Waals surface area (Å²) in [4.78, 5) is 15.7. The second-order valence-corrected chi connectivity index (χ2v) is 18.4. The van der Waals surface area contributed by atoms with Gasteiger partial charge in [-0.25, -0.2) is 15.0 Å². The molecule has 13 aromatic rings. The first-order chi connectivity index (χ1) is 35.6. The van der Waals surface area contributed by atoms with Gasteiger partial charge in [0.1, 0.15) is 0 Å². The number of fused-ring (bicyclic) bond motifs is 3. The van der Waals surface area contributed by atoms with Crippen LogP contribution in [0.25, 0.3) is 133 Å². The highest BCUT2D eigenvalue weighted by molar-refractivity contribution is 5.98. The molecule has 0 unspecified atom stereocenters. The lowest BCUT2D eigenvalue weighted by Gasteiger charge is -2.12. The fraction of sp³-hybridized carbons (Fsp3) is 0. The predicted octanol–water partition coefficient (Wildman–Crippen LogP) is 18.3. The summed E-state index contributed by atoms with van der Waals surface area (Å²) in [7, 11) is 0. The van der Waals surface area contributed by atoms with Crippen molar-refractivity contribution in [3.05, 3.63) is 273 Å². The van der Waals surface area contributed by atoms with Crippen molar-refractivity contribution in [3.8, 4) is 101 Å². The number of benzene rings is 12. The van der Waals surface area contributed by atoms with E-state index in [2.05, 4.69) is 273 Å². The topological polar surface area (TPSA) is 38.7 Å². The Labute approximate surface area is 419 Å². The van der Waals surface area contributed by atoms with E-state index in [1.54, 1.807) is 0 Å². The molecule has 0 amide bonds. The van der Waals surface area contributed by atoms with Crippen LogP contribution in [-0.2, 0) is 0 Å². The van der Waals surface area contributed by atoms with Crippen LogP contribution < -0.4 is 0 Å². The molecule has 0 atom stereocenters. The summed E-state index contributed by atoms with van der Waals surface area (Å²) in [5.74, 6) is 1.85. The third-order valence-electron chi connectivity index (χ3n) is 14.0. The maximum atomic E-state index is 5.25. The summed E-state index contributed by atoms with van der Waals surface area (Å²) in [5.41, 5.74) is 16.9. The van der Waals surface area contributed by atoms with E-state index >= 15 is 0 Å². The standard InChI is InChI=1S/C69H45N3/c1-2-13-49(14-3-1)61-23-8-9-24-64(61)52-35-29-47(30-36-52)57-41-31-48-32-42-59(45-60(48)44-57)69-71-67(55-39-37-54(38-40-55)66-26-12-18-51-16-5-7-22-63(51)66)70-68(72-69)58-20-10-19-56(43-58)46-27-33-53(34-28-46)65-25-11-17-50-15-4-6-21-62(50)65/h1-45H. The van der Waals surface area contributed by atoms with Gasteiger partial charge in [-0.05, 0) is 117 Å². The highest BCUT2D eigenvalue weighted by Gasteiger charge is 2.16. The molecule has 336 valence electrons. The Morgan fingerprint density at radius 2 is 0.500 bits per heavy atom. The molecule has 0 aliphatic rings. The van der Waals surface area contributed by atoms with E-state index in [0.717, 1.165) is 55.3 Å². The Morgan fingerprint density at radius 3 is 1.08 bits per heavy atom. The number of hydrogen-bond acceptors (Lipinski definition) is 3. The van der Waals surface area contributed by atoms with Gasteiger partial charge in [0.25, 0.3) is 0 Å². The lowest BCUT2D eigenvalue weighted by atomic mass is 9.93. The molecule has 72 heavy (non-hydrogen) atoms. The van der Waals surface area contributed by atoms with Gasteiger partial charge in [-0.2, -0.15) is 0 Å². The Balaban J connectivity index is 0.867. The van der Waals surface area contributed by atoms with E-state index in [0.29, 0.717) is 17.5 Å². The molecule has 1 aromatic heterocycles. The van der Waals surface area contributed by atoms with Gasteiger partial charge in [0.15, 0.2) is 17.5 Å². The van der Waals surface area contributed by atoms with Crippen molar-refractivity contribution < 1.29 is 0 Å². The third kappa shape index (κ3) is 8.19. The first kappa shape index (κ1) is 42.5. The SMILES string of the molecule is c1ccc(-c2ccccc2-c2ccc(-c3ccc4ccc(-c5nc(-c6ccc(-c7cccc8ccccc78)cc6)nc(-c6cccc(-c7ccc(-c8cccc9ccccc89)cc7)c6)n5)cc4c3)cc2)cc1. The summed E-state index contributed by atoms with van der Waals surface area (Å²) in [6, 6.07) is 97.4. The second-order valence-electron chi connectivity index (χ2n) is 18.4. The molecule has 3 nitrogen and oxygen atoms in total. The van der Waals surface area contributed by atoms with E-state index in [9.17, 15) is 0 Å². The van der Waals surface area contributed by atoms with Gasteiger partial charge in [-0.3, -0.25) is 0 Å². The minimum Gasteiger partial charge on any atom is -0.208 e. The van der Waals surface area contributed by atoms with Crippen molar-refractivity contribution in [2.24, 2.45) is 0 Å². The number of hydrogen-bond donors (Lipinski definition) is 0.